The zero-order valence-corrected chi connectivity index (χ0v) is 21.6. The van der Waals surface area contributed by atoms with Gasteiger partial charge >= 0.3 is 5.97 Å². The van der Waals surface area contributed by atoms with Gasteiger partial charge in [0.1, 0.15) is 23.1 Å². The van der Waals surface area contributed by atoms with Gasteiger partial charge < -0.3 is 24.1 Å². The molecule has 0 aliphatic carbocycles. The third-order valence-electron chi connectivity index (χ3n) is 5.21. The molecule has 0 fully saturated rings. The number of carbonyl (C=O) groups is 3. The van der Waals surface area contributed by atoms with Gasteiger partial charge in [-0.1, -0.05) is 19.1 Å². The van der Waals surface area contributed by atoms with Gasteiger partial charge in [-0.25, -0.2) is 4.79 Å². The van der Waals surface area contributed by atoms with Gasteiger partial charge in [-0.05, 0) is 62.1 Å². The number of amides is 2. The number of esters is 1. The number of thiophene rings is 1. The van der Waals surface area contributed by atoms with Crippen LogP contribution < -0.4 is 10.1 Å². The van der Waals surface area contributed by atoms with E-state index in [-0.39, 0.29) is 35.4 Å². The average Bonchev–Trinajstić information content (AvgIpc) is 3.42. The molecule has 0 aliphatic rings. The summed E-state index contributed by atoms with van der Waals surface area (Å²) in [5.74, 6) is -0.113. The highest BCUT2D eigenvalue weighted by molar-refractivity contribution is 7.18. The summed E-state index contributed by atoms with van der Waals surface area (Å²) in [5.41, 5.74) is 2.72. The van der Waals surface area contributed by atoms with Gasteiger partial charge in [-0.3, -0.25) is 9.59 Å². The maximum absolute atomic E-state index is 12.9. The van der Waals surface area contributed by atoms with Crippen molar-refractivity contribution < 1.29 is 28.3 Å². The van der Waals surface area contributed by atoms with Crippen molar-refractivity contribution in [2.45, 2.75) is 40.7 Å². The molecule has 0 unspecified atom stereocenters. The van der Waals surface area contributed by atoms with Crippen LogP contribution in [0.2, 0.25) is 0 Å². The van der Waals surface area contributed by atoms with E-state index in [9.17, 15) is 14.4 Å². The summed E-state index contributed by atoms with van der Waals surface area (Å²) in [6.45, 7) is 7.89. The predicted molar refractivity (Wildman–Crippen MR) is 135 cm³/mol. The molecule has 3 rings (SSSR count). The molecule has 1 aromatic carbocycles. The van der Waals surface area contributed by atoms with Crippen LogP contribution in [0.15, 0.2) is 34.7 Å². The first kappa shape index (κ1) is 26.0. The molecular formula is C26H30N2O6S. The molecule has 2 aromatic heterocycles. The summed E-state index contributed by atoms with van der Waals surface area (Å²) >= 11 is 1.03. The van der Waals surface area contributed by atoms with Crippen LogP contribution in [0.3, 0.4) is 0 Å². The number of carbonyl (C=O) groups excluding carboxylic acids is 3. The molecular weight excluding hydrogens is 468 g/mol. The number of ether oxygens (including phenoxy) is 2. The van der Waals surface area contributed by atoms with Gasteiger partial charge in [-0.2, -0.15) is 0 Å². The fraction of sp³-hybridized carbons (Fsp3) is 0.346. The Bertz CT molecular complexity index is 1240. The maximum atomic E-state index is 12.9. The Balaban J connectivity index is 1.79. The number of aryl methyl sites for hydroxylation is 2. The molecule has 0 bridgehead atoms. The van der Waals surface area contributed by atoms with Crippen molar-refractivity contribution in [3.63, 3.8) is 0 Å². The van der Waals surface area contributed by atoms with Gasteiger partial charge in [0, 0.05) is 14.1 Å². The van der Waals surface area contributed by atoms with Crippen LogP contribution in [0.5, 0.6) is 5.75 Å². The molecule has 186 valence electrons. The summed E-state index contributed by atoms with van der Waals surface area (Å²) < 4.78 is 16.8. The van der Waals surface area contributed by atoms with Gasteiger partial charge in [-0.15, -0.1) is 11.3 Å². The minimum Gasteiger partial charge on any atom is -0.485 e. The van der Waals surface area contributed by atoms with Crippen molar-refractivity contribution in [1.29, 1.82) is 0 Å². The number of furan rings is 1. The first-order valence-electron chi connectivity index (χ1n) is 11.2. The van der Waals surface area contributed by atoms with Gasteiger partial charge in [0.2, 0.25) is 0 Å². The molecule has 0 spiro atoms. The Kier molecular flexibility index (Phi) is 8.34. The third kappa shape index (κ3) is 6.10. The highest BCUT2D eigenvalue weighted by Crippen LogP contribution is 2.35. The second kappa shape index (κ2) is 11.2. The third-order valence-corrected chi connectivity index (χ3v) is 6.41. The van der Waals surface area contributed by atoms with Crippen LogP contribution in [-0.4, -0.2) is 43.4 Å². The van der Waals surface area contributed by atoms with E-state index in [1.807, 2.05) is 39.0 Å². The first-order chi connectivity index (χ1) is 16.6. The number of benzene rings is 1. The number of hydrogen-bond donors (Lipinski definition) is 1. The quantitative estimate of drug-likeness (QED) is 0.399. The Labute approximate surface area is 208 Å². The summed E-state index contributed by atoms with van der Waals surface area (Å²) in [7, 11) is 3.25. The van der Waals surface area contributed by atoms with Crippen molar-refractivity contribution in [1.82, 2.24) is 4.90 Å². The number of nitrogens with zero attached hydrogens (tertiary/aromatic N) is 1. The molecule has 0 atom stereocenters. The number of anilines is 1. The summed E-state index contributed by atoms with van der Waals surface area (Å²) in [4.78, 5) is 40.0. The minimum atomic E-state index is -0.587. The SMILES string of the molecule is CCCOC(=O)c1c(NC(=O)c2ccc(COc3cc(C)ccc3C)o2)sc(C(=O)N(C)C)c1C. The standard InChI is InChI=1S/C26H30N2O6S/c1-7-12-32-26(31)21-17(4)22(25(30)28(5)6)35-24(21)27-23(29)19-11-10-18(34-19)14-33-20-13-15(2)8-9-16(20)3/h8-11,13H,7,12,14H2,1-6H3,(H,27,29). The molecule has 9 heteroatoms. The van der Waals surface area contributed by atoms with Crippen molar-refractivity contribution in [2.24, 2.45) is 0 Å². The van der Waals surface area contributed by atoms with E-state index in [2.05, 4.69) is 5.32 Å². The number of nitrogens with one attached hydrogen (secondary N) is 1. The van der Waals surface area contributed by atoms with E-state index in [4.69, 9.17) is 13.9 Å². The van der Waals surface area contributed by atoms with Gasteiger partial charge in [0.25, 0.3) is 11.8 Å². The van der Waals surface area contributed by atoms with Crippen molar-refractivity contribution >= 4 is 34.1 Å². The van der Waals surface area contributed by atoms with Crippen LogP contribution in [0.25, 0.3) is 0 Å². The van der Waals surface area contributed by atoms with Crippen LogP contribution in [0, 0.1) is 20.8 Å². The van der Waals surface area contributed by atoms with E-state index >= 15 is 0 Å². The summed E-state index contributed by atoms with van der Waals surface area (Å²) in [6.07, 6.45) is 0.652. The van der Waals surface area contributed by atoms with E-state index < -0.39 is 11.9 Å². The van der Waals surface area contributed by atoms with E-state index in [0.29, 0.717) is 22.6 Å². The molecule has 2 amide bonds. The molecule has 1 N–H and O–H groups in total. The fourth-order valence-electron chi connectivity index (χ4n) is 3.28. The van der Waals surface area contributed by atoms with Crippen molar-refractivity contribution in [3.8, 4) is 5.75 Å². The second-order valence-corrected chi connectivity index (χ2v) is 9.39. The van der Waals surface area contributed by atoms with E-state index in [1.54, 1.807) is 33.2 Å². The maximum Gasteiger partial charge on any atom is 0.341 e. The van der Waals surface area contributed by atoms with Gasteiger partial charge in [0.05, 0.1) is 17.0 Å². The first-order valence-corrected chi connectivity index (χ1v) is 12.1. The fourth-order valence-corrected chi connectivity index (χ4v) is 4.49. The highest BCUT2D eigenvalue weighted by Gasteiger charge is 2.28. The van der Waals surface area contributed by atoms with Crippen LogP contribution in [0.1, 0.15) is 66.4 Å². The molecule has 0 aliphatic heterocycles. The largest absolute Gasteiger partial charge is 0.485 e. The van der Waals surface area contributed by atoms with Crippen molar-refractivity contribution in [2.75, 3.05) is 26.0 Å². The lowest BCUT2D eigenvalue weighted by Crippen LogP contribution is -2.21. The minimum absolute atomic E-state index is 0.0592. The van der Waals surface area contributed by atoms with Gasteiger partial charge in [0.15, 0.2) is 5.76 Å². The zero-order chi connectivity index (χ0) is 25.7. The van der Waals surface area contributed by atoms with E-state index in [0.717, 1.165) is 28.2 Å². The average molecular weight is 499 g/mol. The zero-order valence-electron chi connectivity index (χ0n) is 20.8. The topological polar surface area (TPSA) is 98.1 Å². The smallest absolute Gasteiger partial charge is 0.341 e. The molecule has 0 saturated carbocycles. The molecule has 8 nitrogen and oxygen atoms in total. The van der Waals surface area contributed by atoms with Crippen LogP contribution in [0.4, 0.5) is 5.00 Å². The summed E-state index contributed by atoms with van der Waals surface area (Å²) in [6, 6.07) is 9.13. The lowest BCUT2D eigenvalue weighted by molar-refractivity contribution is 0.0506. The monoisotopic (exact) mass is 498 g/mol. The Morgan fingerprint density at radius 3 is 2.51 bits per heavy atom. The molecule has 35 heavy (non-hydrogen) atoms. The Hall–Kier alpha value is -3.59. The highest BCUT2D eigenvalue weighted by atomic mass is 32.1. The second-order valence-electron chi connectivity index (χ2n) is 8.37. The Morgan fingerprint density at radius 2 is 1.83 bits per heavy atom. The lowest BCUT2D eigenvalue weighted by atomic mass is 10.1. The summed E-state index contributed by atoms with van der Waals surface area (Å²) in [5, 5.41) is 2.96. The van der Waals surface area contributed by atoms with Crippen molar-refractivity contribution in [3.05, 3.63) is 69.0 Å². The van der Waals surface area contributed by atoms with E-state index in [1.165, 1.54) is 4.90 Å². The number of rotatable bonds is 9. The predicted octanol–water partition coefficient (Wildman–Crippen LogP) is 5.37. The molecule has 0 saturated heterocycles. The molecule has 3 aromatic rings. The van der Waals surface area contributed by atoms with Crippen LogP contribution in [-0.2, 0) is 11.3 Å². The Morgan fingerprint density at radius 1 is 1.09 bits per heavy atom. The normalized spacial score (nSPS) is 10.7. The molecule has 2 heterocycles. The number of hydrogen-bond acceptors (Lipinski definition) is 7. The molecule has 0 radical (unpaired) electrons. The van der Waals surface area contributed by atoms with Crippen LogP contribution >= 0.6 is 11.3 Å². The lowest BCUT2D eigenvalue weighted by Gasteiger charge is -2.09.